The number of rotatable bonds is 9. The van der Waals surface area contributed by atoms with Crippen LogP contribution in [0.5, 0.6) is 0 Å². The van der Waals surface area contributed by atoms with Gasteiger partial charge in [0, 0.05) is 13.3 Å². The maximum atomic E-state index is 5.81. The lowest BCUT2D eigenvalue weighted by atomic mass is 10.1. The monoisotopic (exact) mass is 254 g/mol. The Hall–Kier alpha value is -1.17. The third-order valence-corrected chi connectivity index (χ3v) is 2.62. The Morgan fingerprint density at radius 3 is 2.44 bits per heavy atom. The first-order valence-corrected chi connectivity index (χ1v) is 6.10. The predicted molar refractivity (Wildman–Crippen MR) is 70.6 cm³/mol. The number of ether oxygens (including phenoxy) is 3. The Morgan fingerprint density at radius 2 is 1.78 bits per heavy atom. The summed E-state index contributed by atoms with van der Waals surface area (Å²) in [5.41, 5.74) is 8.03. The van der Waals surface area contributed by atoms with Crippen molar-refractivity contribution in [1.29, 1.82) is 0 Å². The highest BCUT2D eigenvalue weighted by molar-refractivity contribution is 5.43. The molecule has 1 aromatic heterocycles. The molecule has 0 aliphatic rings. The molecule has 102 valence electrons. The van der Waals surface area contributed by atoms with Gasteiger partial charge in [-0.1, -0.05) is 0 Å². The van der Waals surface area contributed by atoms with Gasteiger partial charge in [-0.3, -0.25) is 0 Å². The zero-order chi connectivity index (χ0) is 13.2. The van der Waals surface area contributed by atoms with Crippen molar-refractivity contribution < 1.29 is 14.2 Å². The Balaban J connectivity index is 2.11. The van der Waals surface area contributed by atoms with Crippen molar-refractivity contribution in [2.75, 3.05) is 45.9 Å². The number of anilines is 1. The largest absolute Gasteiger partial charge is 0.383 e. The minimum Gasteiger partial charge on any atom is -0.383 e. The Morgan fingerprint density at radius 1 is 1.11 bits per heavy atom. The third kappa shape index (κ3) is 5.44. The highest BCUT2D eigenvalue weighted by Gasteiger charge is 2.03. The molecule has 5 heteroatoms. The van der Waals surface area contributed by atoms with Gasteiger partial charge >= 0.3 is 0 Å². The summed E-state index contributed by atoms with van der Waals surface area (Å²) in [6, 6.07) is 1.96. The van der Waals surface area contributed by atoms with Gasteiger partial charge in [-0.15, -0.1) is 0 Å². The van der Waals surface area contributed by atoms with E-state index in [1.807, 2.05) is 13.0 Å². The first kappa shape index (κ1) is 14.9. The van der Waals surface area contributed by atoms with Crippen LogP contribution in [-0.2, 0) is 20.6 Å². The molecule has 0 fully saturated rings. The van der Waals surface area contributed by atoms with Gasteiger partial charge < -0.3 is 19.9 Å². The van der Waals surface area contributed by atoms with Crippen LogP contribution in [0.1, 0.15) is 11.1 Å². The number of pyridine rings is 1. The number of nitrogen functional groups attached to an aromatic ring is 1. The quantitative estimate of drug-likeness (QED) is 0.671. The number of nitrogens with two attached hydrogens (primary N) is 1. The van der Waals surface area contributed by atoms with Crippen molar-refractivity contribution in [3.05, 3.63) is 23.4 Å². The van der Waals surface area contributed by atoms with E-state index in [1.165, 1.54) is 0 Å². The molecule has 1 aromatic rings. The van der Waals surface area contributed by atoms with E-state index in [9.17, 15) is 0 Å². The van der Waals surface area contributed by atoms with Crippen molar-refractivity contribution in [1.82, 2.24) is 4.98 Å². The van der Waals surface area contributed by atoms with E-state index in [4.69, 9.17) is 19.9 Å². The van der Waals surface area contributed by atoms with Crippen LogP contribution < -0.4 is 5.73 Å². The second-order valence-corrected chi connectivity index (χ2v) is 3.96. The number of hydrogen-bond donors (Lipinski definition) is 1. The van der Waals surface area contributed by atoms with Gasteiger partial charge in [0.25, 0.3) is 0 Å². The summed E-state index contributed by atoms with van der Waals surface area (Å²) < 4.78 is 15.6. The molecular formula is C13H22N2O3. The van der Waals surface area contributed by atoms with Crippen LogP contribution in [-0.4, -0.2) is 45.1 Å². The maximum absolute atomic E-state index is 5.81. The number of aromatic nitrogens is 1. The topological polar surface area (TPSA) is 66.6 Å². The van der Waals surface area contributed by atoms with E-state index in [-0.39, 0.29) is 0 Å². The summed E-state index contributed by atoms with van der Waals surface area (Å²) in [6.07, 6.45) is 2.50. The molecule has 1 heterocycles. The summed E-state index contributed by atoms with van der Waals surface area (Å²) in [6.45, 7) is 5.05. The molecule has 18 heavy (non-hydrogen) atoms. The second kappa shape index (κ2) is 8.85. The molecule has 0 amide bonds. The first-order valence-electron chi connectivity index (χ1n) is 6.10. The standard InChI is InChI=1S/C13H22N2O3/c1-11-3-5-15-13(14)12(11)4-6-17-9-10-18-8-7-16-2/h3,5H,4,6-10H2,1-2H3,(H2,14,15). The zero-order valence-corrected chi connectivity index (χ0v) is 11.1. The van der Waals surface area contributed by atoms with E-state index >= 15 is 0 Å². The molecule has 0 aliphatic heterocycles. The van der Waals surface area contributed by atoms with Crippen LogP contribution >= 0.6 is 0 Å². The molecule has 0 aromatic carbocycles. The summed E-state index contributed by atoms with van der Waals surface area (Å²) in [4.78, 5) is 4.07. The minimum absolute atomic E-state index is 0.586. The Kier molecular flexibility index (Phi) is 7.32. The lowest BCUT2D eigenvalue weighted by molar-refractivity contribution is 0.0255. The van der Waals surface area contributed by atoms with Crippen LogP contribution in [0, 0.1) is 6.92 Å². The average molecular weight is 254 g/mol. The van der Waals surface area contributed by atoms with Crippen molar-refractivity contribution in [3.63, 3.8) is 0 Å². The van der Waals surface area contributed by atoms with Crippen LogP contribution in [0.2, 0.25) is 0 Å². The van der Waals surface area contributed by atoms with Crippen molar-refractivity contribution in [3.8, 4) is 0 Å². The van der Waals surface area contributed by atoms with Crippen LogP contribution in [0.15, 0.2) is 12.3 Å². The molecule has 0 spiro atoms. The summed E-state index contributed by atoms with van der Waals surface area (Å²) in [5, 5.41) is 0. The molecule has 1 rings (SSSR count). The molecule has 0 atom stereocenters. The zero-order valence-electron chi connectivity index (χ0n) is 11.1. The number of hydrogen-bond acceptors (Lipinski definition) is 5. The van der Waals surface area contributed by atoms with Gasteiger partial charge in [-0.05, 0) is 30.5 Å². The fraction of sp³-hybridized carbons (Fsp3) is 0.615. The summed E-state index contributed by atoms with van der Waals surface area (Å²) in [7, 11) is 1.65. The highest BCUT2D eigenvalue weighted by atomic mass is 16.5. The lowest BCUT2D eigenvalue weighted by Gasteiger charge is -2.09. The predicted octanol–water partition coefficient (Wildman–Crippen LogP) is 1.19. The van der Waals surface area contributed by atoms with Crippen molar-refractivity contribution >= 4 is 5.82 Å². The van der Waals surface area contributed by atoms with E-state index in [0.29, 0.717) is 38.9 Å². The van der Waals surface area contributed by atoms with Crippen LogP contribution in [0.3, 0.4) is 0 Å². The molecule has 0 unspecified atom stereocenters. The van der Waals surface area contributed by atoms with Crippen molar-refractivity contribution in [2.45, 2.75) is 13.3 Å². The van der Waals surface area contributed by atoms with Gasteiger partial charge in [-0.2, -0.15) is 0 Å². The number of nitrogens with zero attached hydrogens (tertiary/aromatic N) is 1. The lowest BCUT2D eigenvalue weighted by Crippen LogP contribution is -2.10. The van der Waals surface area contributed by atoms with Crippen LogP contribution in [0.4, 0.5) is 5.82 Å². The average Bonchev–Trinajstić information content (AvgIpc) is 2.35. The van der Waals surface area contributed by atoms with Gasteiger partial charge in [-0.25, -0.2) is 4.98 Å². The SMILES string of the molecule is COCCOCCOCCc1c(C)ccnc1N. The van der Waals surface area contributed by atoms with Crippen molar-refractivity contribution in [2.24, 2.45) is 0 Å². The number of methoxy groups -OCH3 is 1. The van der Waals surface area contributed by atoms with Crippen LogP contribution in [0.25, 0.3) is 0 Å². The molecular weight excluding hydrogens is 232 g/mol. The third-order valence-electron chi connectivity index (χ3n) is 2.62. The molecule has 0 radical (unpaired) electrons. The molecule has 0 saturated carbocycles. The van der Waals surface area contributed by atoms with Gasteiger partial charge in [0.1, 0.15) is 5.82 Å². The first-order chi connectivity index (χ1) is 8.75. The second-order valence-electron chi connectivity index (χ2n) is 3.96. The van der Waals surface area contributed by atoms with E-state index < -0.39 is 0 Å². The molecule has 0 aliphatic carbocycles. The Bertz CT molecular complexity index is 325. The van der Waals surface area contributed by atoms with E-state index in [0.717, 1.165) is 17.5 Å². The van der Waals surface area contributed by atoms with Gasteiger partial charge in [0.15, 0.2) is 0 Å². The highest BCUT2D eigenvalue weighted by Crippen LogP contribution is 2.13. The Labute approximate surface area is 108 Å². The van der Waals surface area contributed by atoms with E-state index in [1.54, 1.807) is 13.3 Å². The molecule has 0 bridgehead atoms. The van der Waals surface area contributed by atoms with Gasteiger partial charge in [0.2, 0.25) is 0 Å². The summed E-state index contributed by atoms with van der Waals surface area (Å²) >= 11 is 0. The maximum Gasteiger partial charge on any atom is 0.126 e. The summed E-state index contributed by atoms with van der Waals surface area (Å²) in [5.74, 6) is 0.593. The van der Waals surface area contributed by atoms with E-state index in [2.05, 4.69) is 4.98 Å². The molecule has 0 saturated heterocycles. The normalized spacial score (nSPS) is 10.8. The van der Waals surface area contributed by atoms with Gasteiger partial charge in [0.05, 0.1) is 33.0 Å². The number of aryl methyl sites for hydroxylation is 1. The fourth-order valence-corrected chi connectivity index (χ4v) is 1.57. The minimum atomic E-state index is 0.586. The fourth-order valence-electron chi connectivity index (χ4n) is 1.57. The molecule has 5 nitrogen and oxygen atoms in total. The smallest absolute Gasteiger partial charge is 0.126 e. The molecule has 2 N–H and O–H groups in total.